The average Bonchev–Trinajstić information content (AvgIpc) is 2.88. The maximum atomic E-state index is 12.0. The number of hydrogen-bond donors (Lipinski definition) is 1. The molecule has 1 amide bonds. The largest absolute Gasteiger partial charge is 0.469 e. The van der Waals surface area contributed by atoms with Gasteiger partial charge in [-0.05, 0) is 6.92 Å². The average molecular weight is 269 g/mol. The Morgan fingerprint density at radius 1 is 1.53 bits per heavy atom. The van der Waals surface area contributed by atoms with Crippen LogP contribution in [0.1, 0.15) is 23.8 Å². The van der Waals surface area contributed by atoms with Gasteiger partial charge < -0.3 is 14.6 Å². The van der Waals surface area contributed by atoms with E-state index < -0.39 is 10.9 Å². The molecule has 8 nitrogen and oxygen atoms in total. The molecule has 0 unspecified atom stereocenters. The van der Waals surface area contributed by atoms with Gasteiger partial charge in [-0.1, -0.05) is 0 Å². The van der Waals surface area contributed by atoms with Gasteiger partial charge in [-0.25, -0.2) is 0 Å². The minimum atomic E-state index is -0.585. The summed E-state index contributed by atoms with van der Waals surface area (Å²) in [4.78, 5) is 37.0. The van der Waals surface area contributed by atoms with E-state index in [9.17, 15) is 19.7 Å². The predicted octanol–water partition coefficient (Wildman–Crippen LogP) is 0.948. The molecule has 0 radical (unpaired) electrons. The first kappa shape index (κ1) is 14.7. The molecule has 1 aromatic heterocycles. The van der Waals surface area contributed by atoms with Crippen molar-refractivity contribution < 1.29 is 19.2 Å². The molecule has 0 saturated heterocycles. The Kier molecular flexibility index (Phi) is 5.04. The number of aromatic nitrogens is 1. The number of esters is 1. The zero-order valence-electron chi connectivity index (χ0n) is 10.7. The van der Waals surface area contributed by atoms with Crippen LogP contribution in [-0.4, -0.2) is 46.9 Å². The van der Waals surface area contributed by atoms with Crippen molar-refractivity contribution in [3.8, 4) is 0 Å². The number of hydrogen-bond acceptors (Lipinski definition) is 5. The lowest BCUT2D eigenvalue weighted by Crippen LogP contribution is -2.33. The molecule has 0 saturated carbocycles. The second-order valence-corrected chi connectivity index (χ2v) is 3.74. The summed E-state index contributed by atoms with van der Waals surface area (Å²) in [7, 11) is 1.27. The van der Waals surface area contributed by atoms with Crippen LogP contribution in [0, 0.1) is 10.1 Å². The van der Waals surface area contributed by atoms with Crippen LogP contribution in [-0.2, 0) is 9.53 Å². The summed E-state index contributed by atoms with van der Waals surface area (Å²) in [6.45, 7) is 2.35. The Balaban J connectivity index is 2.71. The first-order valence-electron chi connectivity index (χ1n) is 5.68. The van der Waals surface area contributed by atoms with Crippen molar-refractivity contribution in [1.29, 1.82) is 0 Å². The van der Waals surface area contributed by atoms with E-state index in [0.717, 1.165) is 6.20 Å². The number of aromatic amines is 1. The first-order valence-corrected chi connectivity index (χ1v) is 5.68. The molecule has 0 aromatic carbocycles. The third-order valence-electron chi connectivity index (χ3n) is 2.59. The highest BCUT2D eigenvalue weighted by Gasteiger charge is 2.19. The fourth-order valence-corrected chi connectivity index (χ4v) is 1.51. The summed E-state index contributed by atoms with van der Waals surface area (Å²) in [5.41, 5.74) is -0.0502. The number of ether oxygens (including phenoxy) is 1. The highest BCUT2D eigenvalue weighted by molar-refractivity contribution is 5.93. The van der Waals surface area contributed by atoms with E-state index in [1.807, 2.05) is 0 Å². The van der Waals surface area contributed by atoms with Crippen molar-refractivity contribution in [2.75, 3.05) is 20.2 Å². The van der Waals surface area contributed by atoms with Gasteiger partial charge in [-0.2, -0.15) is 0 Å². The Bertz CT molecular complexity index is 482. The van der Waals surface area contributed by atoms with Crippen LogP contribution in [0.3, 0.4) is 0 Å². The molecule has 1 aromatic rings. The van der Waals surface area contributed by atoms with Gasteiger partial charge in [0, 0.05) is 19.2 Å². The molecular weight excluding hydrogens is 254 g/mol. The van der Waals surface area contributed by atoms with Crippen molar-refractivity contribution in [1.82, 2.24) is 9.88 Å². The van der Waals surface area contributed by atoms with Gasteiger partial charge in [0.05, 0.1) is 24.7 Å². The monoisotopic (exact) mass is 269 g/mol. The SMILES string of the molecule is CCN(CCC(=O)OC)C(=O)c1cc([N+](=O)[O-])c[nH]1. The van der Waals surface area contributed by atoms with E-state index in [0.29, 0.717) is 6.54 Å². The topological polar surface area (TPSA) is 106 Å². The fraction of sp³-hybridized carbons (Fsp3) is 0.455. The Morgan fingerprint density at radius 2 is 2.21 bits per heavy atom. The van der Waals surface area contributed by atoms with Crippen molar-refractivity contribution in [3.05, 3.63) is 28.1 Å². The van der Waals surface area contributed by atoms with Gasteiger partial charge in [0.1, 0.15) is 5.69 Å². The second kappa shape index (κ2) is 6.53. The molecule has 1 heterocycles. The molecule has 104 valence electrons. The molecule has 19 heavy (non-hydrogen) atoms. The number of methoxy groups -OCH3 is 1. The highest BCUT2D eigenvalue weighted by Crippen LogP contribution is 2.14. The molecule has 1 rings (SSSR count). The number of nitrogens with one attached hydrogen (secondary N) is 1. The molecule has 0 aliphatic heterocycles. The first-order chi connectivity index (χ1) is 8.99. The van der Waals surface area contributed by atoms with Crippen LogP contribution in [0.15, 0.2) is 12.3 Å². The number of H-pyrrole nitrogens is 1. The normalized spacial score (nSPS) is 10.0. The zero-order valence-corrected chi connectivity index (χ0v) is 10.7. The third-order valence-corrected chi connectivity index (χ3v) is 2.59. The predicted molar refractivity (Wildman–Crippen MR) is 65.7 cm³/mol. The lowest BCUT2D eigenvalue weighted by molar-refractivity contribution is -0.384. The quantitative estimate of drug-likeness (QED) is 0.470. The standard InChI is InChI=1S/C11H15N3O5/c1-3-13(5-4-10(15)19-2)11(16)9-6-8(7-12-9)14(17)18/h6-7,12H,3-5H2,1-2H3. The summed E-state index contributed by atoms with van der Waals surface area (Å²) < 4.78 is 4.49. The summed E-state index contributed by atoms with van der Waals surface area (Å²) >= 11 is 0. The van der Waals surface area contributed by atoms with E-state index in [1.54, 1.807) is 6.92 Å². The van der Waals surface area contributed by atoms with Crippen molar-refractivity contribution in [3.63, 3.8) is 0 Å². The van der Waals surface area contributed by atoms with Crippen LogP contribution in [0.2, 0.25) is 0 Å². The maximum Gasteiger partial charge on any atom is 0.307 e. The minimum absolute atomic E-state index is 0.0822. The molecule has 8 heteroatoms. The van der Waals surface area contributed by atoms with Crippen LogP contribution in [0.4, 0.5) is 5.69 Å². The summed E-state index contributed by atoms with van der Waals surface area (Å²) in [6.07, 6.45) is 1.24. The van der Waals surface area contributed by atoms with Gasteiger partial charge in [0.15, 0.2) is 0 Å². The lowest BCUT2D eigenvalue weighted by atomic mass is 10.3. The summed E-state index contributed by atoms with van der Waals surface area (Å²) in [5, 5.41) is 10.5. The van der Waals surface area contributed by atoms with Crippen LogP contribution in [0.25, 0.3) is 0 Å². The fourth-order valence-electron chi connectivity index (χ4n) is 1.51. The number of carbonyl (C=O) groups excluding carboxylic acids is 2. The Hall–Kier alpha value is -2.38. The molecule has 0 fully saturated rings. The zero-order chi connectivity index (χ0) is 14.4. The highest BCUT2D eigenvalue weighted by atomic mass is 16.6. The van der Waals surface area contributed by atoms with Crippen LogP contribution in [0.5, 0.6) is 0 Å². The molecule has 1 N–H and O–H groups in total. The molecule has 0 atom stereocenters. The Morgan fingerprint density at radius 3 is 2.68 bits per heavy atom. The summed E-state index contributed by atoms with van der Waals surface area (Å²) in [5.74, 6) is -0.803. The van der Waals surface area contributed by atoms with Gasteiger partial charge in [0.25, 0.3) is 11.6 Å². The van der Waals surface area contributed by atoms with Gasteiger partial charge in [0.2, 0.25) is 0 Å². The van der Waals surface area contributed by atoms with Gasteiger partial charge >= 0.3 is 5.97 Å². The number of nitrogens with zero attached hydrogens (tertiary/aromatic N) is 2. The summed E-state index contributed by atoms with van der Waals surface area (Å²) in [6, 6.07) is 1.17. The van der Waals surface area contributed by atoms with Crippen molar-refractivity contribution >= 4 is 17.6 Å². The lowest BCUT2D eigenvalue weighted by Gasteiger charge is -2.19. The van der Waals surface area contributed by atoms with Gasteiger partial charge in [-0.15, -0.1) is 0 Å². The molecular formula is C11H15N3O5. The number of carbonyl (C=O) groups is 2. The third kappa shape index (κ3) is 3.80. The molecule has 0 aliphatic rings. The second-order valence-electron chi connectivity index (χ2n) is 3.74. The van der Waals surface area contributed by atoms with E-state index in [4.69, 9.17) is 0 Å². The number of nitro groups is 1. The number of amides is 1. The molecule has 0 spiro atoms. The maximum absolute atomic E-state index is 12.0. The van der Waals surface area contributed by atoms with E-state index in [1.165, 1.54) is 18.1 Å². The van der Waals surface area contributed by atoms with E-state index >= 15 is 0 Å². The smallest absolute Gasteiger partial charge is 0.307 e. The van der Waals surface area contributed by atoms with E-state index in [-0.39, 0.29) is 30.3 Å². The van der Waals surface area contributed by atoms with Crippen LogP contribution < -0.4 is 0 Å². The van der Waals surface area contributed by atoms with Crippen LogP contribution >= 0.6 is 0 Å². The van der Waals surface area contributed by atoms with Gasteiger partial charge in [-0.3, -0.25) is 19.7 Å². The van der Waals surface area contributed by atoms with Crippen molar-refractivity contribution in [2.45, 2.75) is 13.3 Å². The minimum Gasteiger partial charge on any atom is -0.469 e. The molecule has 0 bridgehead atoms. The van der Waals surface area contributed by atoms with E-state index in [2.05, 4.69) is 9.72 Å². The number of rotatable bonds is 6. The Labute approximate surface area is 109 Å². The van der Waals surface area contributed by atoms with Crippen molar-refractivity contribution in [2.24, 2.45) is 0 Å². The molecule has 0 aliphatic carbocycles.